The van der Waals surface area contributed by atoms with Crippen molar-refractivity contribution in [2.24, 2.45) is 0 Å². The van der Waals surface area contributed by atoms with Crippen molar-refractivity contribution >= 4 is 17.8 Å². The van der Waals surface area contributed by atoms with Gasteiger partial charge in [-0.3, -0.25) is 14.5 Å². The molecule has 0 spiro atoms. The summed E-state index contributed by atoms with van der Waals surface area (Å²) in [5.74, 6) is -0.617. The molecule has 27 heavy (non-hydrogen) atoms. The first-order valence-electron chi connectivity index (χ1n) is 9.11. The van der Waals surface area contributed by atoms with Gasteiger partial charge in [-0.1, -0.05) is 13.0 Å². The van der Waals surface area contributed by atoms with Crippen LogP contribution in [0.1, 0.15) is 39.0 Å². The molecule has 0 unspecified atom stereocenters. The number of esters is 1. The van der Waals surface area contributed by atoms with Gasteiger partial charge in [0.05, 0.1) is 19.2 Å². The zero-order valence-electron chi connectivity index (χ0n) is 16.3. The summed E-state index contributed by atoms with van der Waals surface area (Å²) in [5, 5.41) is 2.75. The van der Waals surface area contributed by atoms with Crippen molar-refractivity contribution < 1.29 is 19.1 Å². The lowest BCUT2D eigenvalue weighted by Crippen LogP contribution is -2.51. The number of aromatic amines is 1. The number of H-pyrrole nitrogens is 1. The Kier molecular flexibility index (Phi) is 7.18. The molecule has 1 saturated heterocycles. The van der Waals surface area contributed by atoms with E-state index in [0.717, 1.165) is 0 Å². The number of aromatic nitrogens is 1. The van der Waals surface area contributed by atoms with Crippen LogP contribution in [0.4, 0.5) is 0 Å². The summed E-state index contributed by atoms with van der Waals surface area (Å²) >= 11 is 0. The zero-order chi connectivity index (χ0) is 20.0. The van der Waals surface area contributed by atoms with E-state index < -0.39 is 5.97 Å². The number of rotatable bonds is 7. The maximum absolute atomic E-state index is 12.9. The van der Waals surface area contributed by atoms with Crippen LogP contribution in [0.3, 0.4) is 0 Å². The van der Waals surface area contributed by atoms with E-state index in [1.807, 2.05) is 11.8 Å². The Hall–Kier alpha value is -2.61. The van der Waals surface area contributed by atoms with Gasteiger partial charge < -0.3 is 19.9 Å². The Morgan fingerprint density at radius 3 is 2.48 bits per heavy atom. The predicted molar refractivity (Wildman–Crippen MR) is 102 cm³/mol. The minimum atomic E-state index is -0.435. The SMILES string of the molecule is C=CCNC(=O)CN1CCN(C(=O)c2[nH]c(CC)c(C(=O)OC)c2C)CC1. The van der Waals surface area contributed by atoms with Crippen LogP contribution in [-0.4, -0.2) is 78.9 Å². The predicted octanol–water partition coefficient (Wildman–Crippen LogP) is 0.732. The molecule has 1 aromatic rings. The molecular formula is C19H28N4O4. The molecule has 8 heteroatoms. The van der Waals surface area contributed by atoms with Gasteiger partial charge in [-0.2, -0.15) is 0 Å². The highest BCUT2D eigenvalue weighted by atomic mass is 16.5. The van der Waals surface area contributed by atoms with Crippen LogP contribution in [0.5, 0.6) is 0 Å². The Morgan fingerprint density at radius 2 is 1.93 bits per heavy atom. The van der Waals surface area contributed by atoms with Gasteiger partial charge in [0.15, 0.2) is 0 Å². The van der Waals surface area contributed by atoms with Gasteiger partial charge in [-0.05, 0) is 18.9 Å². The molecule has 0 aliphatic carbocycles. The van der Waals surface area contributed by atoms with E-state index in [-0.39, 0.29) is 11.8 Å². The zero-order valence-corrected chi connectivity index (χ0v) is 16.3. The highest BCUT2D eigenvalue weighted by molar-refractivity contribution is 6.00. The number of nitrogens with zero attached hydrogens (tertiary/aromatic N) is 2. The largest absolute Gasteiger partial charge is 0.465 e. The third kappa shape index (κ3) is 4.77. The molecule has 0 atom stereocenters. The molecule has 1 aliphatic heterocycles. The van der Waals surface area contributed by atoms with E-state index in [9.17, 15) is 14.4 Å². The van der Waals surface area contributed by atoms with Crippen molar-refractivity contribution in [3.05, 3.63) is 35.2 Å². The summed E-state index contributed by atoms with van der Waals surface area (Å²) in [4.78, 5) is 43.6. The van der Waals surface area contributed by atoms with Crippen LogP contribution in [0, 0.1) is 6.92 Å². The van der Waals surface area contributed by atoms with Gasteiger partial charge in [0.1, 0.15) is 5.69 Å². The Balaban J connectivity index is 2.02. The molecule has 2 rings (SSSR count). The minimum absolute atomic E-state index is 0.0507. The number of methoxy groups -OCH3 is 1. The molecular weight excluding hydrogens is 348 g/mol. The molecule has 2 N–H and O–H groups in total. The van der Waals surface area contributed by atoms with Crippen LogP contribution in [0.2, 0.25) is 0 Å². The lowest BCUT2D eigenvalue weighted by molar-refractivity contribution is -0.122. The first kappa shape index (κ1) is 20.7. The first-order chi connectivity index (χ1) is 12.9. The highest BCUT2D eigenvalue weighted by Crippen LogP contribution is 2.22. The van der Waals surface area contributed by atoms with Crippen molar-refractivity contribution in [3.8, 4) is 0 Å². The lowest BCUT2D eigenvalue weighted by Gasteiger charge is -2.34. The van der Waals surface area contributed by atoms with Crippen molar-refractivity contribution in [3.63, 3.8) is 0 Å². The molecule has 2 heterocycles. The summed E-state index contributed by atoms with van der Waals surface area (Å²) in [5.41, 5.74) is 2.21. The lowest BCUT2D eigenvalue weighted by atomic mass is 10.1. The number of amides is 2. The van der Waals surface area contributed by atoms with Crippen LogP contribution in [0.25, 0.3) is 0 Å². The van der Waals surface area contributed by atoms with Gasteiger partial charge in [0.2, 0.25) is 5.91 Å². The fourth-order valence-electron chi connectivity index (χ4n) is 3.23. The average molecular weight is 376 g/mol. The average Bonchev–Trinajstić information content (AvgIpc) is 3.02. The van der Waals surface area contributed by atoms with Gasteiger partial charge in [-0.15, -0.1) is 6.58 Å². The standard InChI is InChI=1S/C19H28N4O4/c1-5-7-20-15(24)12-22-8-10-23(11-9-22)18(25)17-13(3)16(19(26)27-4)14(6-2)21-17/h5,21H,1,6-12H2,2-4H3,(H,20,24). The Morgan fingerprint density at radius 1 is 1.26 bits per heavy atom. The number of nitrogens with one attached hydrogen (secondary N) is 2. The Labute approximate surface area is 159 Å². The fraction of sp³-hybridized carbons (Fsp3) is 0.526. The monoisotopic (exact) mass is 376 g/mol. The van der Waals surface area contributed by atoms with Crippen molar-refractivity contribution in [2.75, 3.05) is 46.4 Å². The Bertz CT molecular complexity index is 718. The first-order valence-corrected chi connectivity index (χ1v) is 9.11. The molecule has 0 radical (unpaired) electrons. The van der Waals surface area contributed by atoms with E-state index in [1.54, 1.807) is 17.9 Å². The maximum Gasteiger partial charge on any atom is 0.339 e. The van der Waals surface area contributed by atoms with Crippen molar-refractivity contribution in [2.45, 2.75) is 20.3 Å². The van der Waals surface area contributed by atoms with E-state index in [0.29, 0.717) is 68.2 Å². The molecule has 0 bridgehead atoms. The number of aryl methyl sites for hydroxylation is 1. The fourth-order valence-corrected chi connectivity index (χ4v) is 3.23. The molecule has 1 fully saturated rings. The quantitative estimate of drug-likeness (QED) is 0.540. The number of carbonyl (C=O) groups is 3. The van der Waals surface area contributed by atoms with Crippen molar-refractivity contribution in [1.82, 2.24) is 20.1 Å². The van der Waals surface area contributed by atoms with Crippen LogP contribution < -0.4 is 5.32 Å². The third-order valence-corrected chi connectivity index (χ3v) is 4.75. The molecule has 148 valence electrons. The summed E-state index contributed by atoms with van der Waals surface area (Å²) in [6.07, 6.45) is 2.24. The number of hydrogen-bond acceptors (Lipinski definition) is 5. The van der Waals surface area contributed by atoms with E-state index in [2.05, 4.69) is 16.9 Å². The van der Waals surface area contributed by atoms with Crippen LogP contribution in [-0.2, 0) is 16.0 Å². The van der Waals surface area contributed by atoms with Crippen LogP contribution in [0.15, 0.2) is 12.7 Å². The minimum Gasteiger partial charge on any atom is -0.465 e. The van der Waals surface area contributed by atoms with Crippen LogP contribution >= 0.6 is 0 Å². The molecule has 2 amide bonds. The van der Waals surface area contributed by atoms with Gasteiger partial charge >= 0.3 is 5.97 Å². The molecule has 0 aromatic carbocycles. The summed E-state index contributed by atoms with van der Waals surface area (Å²) in [7, 11) is 1.33. The van der Waals surface area contributed by atoms with Gasteiger partial charge in [0, 0.05) is 38.4 Å². The molecule has 1 aliphatic rings. The normalized spacial score (nSPS) is 14.7. The number of piperazine rings is 1. The highest BCUT2D eigenvalue weighted by Gasteiger charge is 2.28. The third-order valence-electron chi connectivity index (χ3n) is 4.75. The molecule has 0 saturated carbocycles. The van der Waals surface area contributed by atoms with E-state index in [1.165, 1.54) is 7.11 Å². The second-order valence-electron chi connectivity index (χ2n) is 6.48. The maximum atomic E-state index is 12.9. The van der Waals surface area contributed by atoms with E-state index in [4.69, 9.17) is 4.74 Å². The van der Waals surface area contributed by atoms with Gasteiger partial charge in [-0.25, -0.2) is 4.79 Å². The smallest absolute Gasteiger partial charge is 0.339 e. The number of hydrogen-bond donors (Lipinski definition) is 2. The second-order valence-corrected chi connectivity index (χ2v) is 6.48. The molecule has 8 nitrogen and oxygen atoms in total. The van der Waals surface area contributed by atoms with Crippen molar-refractivity contribution in [1.29, 1.82) is 0 Å². The number of carbonyl (C=O) groups excluding carboxylic acids is 3. The second kappa shape index (κ2) is 9.36. The van der Waals surface area contributed by atoms with Gasteiger partial charge in [0.25, 0.3) is 5.91 Å². The summed E-state index contributed by atoms with van der Waals surface area (Å²) in [6.45, 7) is 10.3. The summed E-state index contributed by atoms with van der Waals surface area (Å²) in [6, 6.07) is 0. The number of ether oxygens (including phenoxy) is 1. The summed E-state index contributed by atoms with van der Waals surface area (Å²) < 4.78 is 4.84. The molecule has 1 aromatic heterocycles. The van der Waals surface area contributed by atoms with E-state index >= 15 is 0 Å². The topological polar surface area (TPSA) is 94.7 Å².